The summed E-state index contributed by atoms with van der Waals surface area (Å²) in [5.74, 6) is 0.431. The molecule has 2 atom stereocenters. The van der Waals surface area contributed by atoms with Gasteiger partial charge in [-0.1, -0.05) is 6.07 Å². The summed E-state index contributed by atoms with van der Waals surface area (Å²) in [6.45, 7) is 1.83. The van der Waals surface area contributed by atoms with E-state index in [0.29, 0.717) is 19.6 Å². The van der Waals surface area contributed by atoms with Crippen molar-refractivity contribution >= 4 is 11.8 Å². The highest BCUT2D eigenvalue weighted by Crippen LogP contribution is 2.34. The maximum Gasteiger partial charge on any atom is 0.249 e. The third-order valence-electron chi connectivity index (χ3n) is 4.69. The predicted molar refractivity (Wildman–Crippen MR) is 77.6 cm³/mol. The van der Waals surface area contributed by atoms with Crippen LogP contribution in [0.5, 0.6) is 0 Å². The number of pyridine rings is 1. The molecule has 2 amide bonds. The van der Waals surface area contributed by atoms with Crippen LogP contribution in [0.4, 0.5) is 0 Å². The Morgan fingerprint density at radius 3 is 2.95 bits per heavy atom. The van der Waals surface area contributed by atoms with Crippen molar-refractivity contribution in [3.63, 3.8) is 0 Å². The summed E-state index contributed by atoms with van der Waals surface area (Å²) in [7, 11) is 0. The van der Waals surface area contributed by atoms with E-state index in [-0.39, 0.29) is 36.5 Å². The van der Waals surface area contributed by atoms with Crippen LogP contribution in [0, 0.1) is 5.92 Å². The van der Waals surface area contributed by atoms with Crippen molar-refractivity contribution < 1.29 is 14.3 Å². The number of hydrogen-bond donors (Lipinski definition) is 0. The van der Waals surface area contributed by atoms with E-state index in [1.165, 1.54) is 0 Å². The third-order valence-corrected chi connectivity index (χ3v) is 4.69. The van der Waals surface area contributed by atoms with Crippen LogP contribution in [-0.2, 0) is 20.9 Å². The number of hydrogen-bond acceptors (Lipinski definition) is 4. The van der Waals surface area contributed by atoms with Gasteiger partial charge in [-0.3, -0.25) is 14.6 Å². The SMILES string of the molecule is O=C(C1CC1)N1CC2OCC(=O)N(Cc3cccnc3)C2C1. The molecule has 0 aromatic carbocycles. The third kappa shape index (κ3) is 2.47. The van der Waals surface area contributed by atoms with Gasteiger partial charge in [0.05, 0.1) is 12.1 Å². The predicted octanol–water partition coefficient (Wildman–Crippen LogP) is 0.430. The average molecular weight is 301 g/mol. The number of fused-ring (bicyclic) bond motifs is 1. The summed E-state index contributed by atoms with van der Waals surface area (Å²) < 4.78 is 5.66. The number of rotatable bonds is 3. The van der Waals surface area contributed by atoms with Crippen molar-refractivity contribution in [3.8, 4) is 0 Å². The molecule has 0 spiro atoms. The van der Waals surface area contributed by atoms with Crippen molar-refractivity contribution in [1.82, 2.24) is 14.8 Å². The second kappa shape index (κ2) is 5.35. The number of aromatic nitrogens is 1. The molecule has 0 bridgehead atoms. The maximum absolute atomic E-state index is 12.3. The maximum atomic E-state index is 12.3. The molecule has 2 saturated heterocycles. The molecule has 116 valence electrons. The molecule has 1 aliphatic carbocycles. The summed E-state index contributed by atoms with van der Waals surface area (Å²) in [6, 6.07) is 3.80. The van der Waals surface area contributed by atoms with Gasteiger partial charge in [-0.2, -0.15) is 0 Å². The van der Waals surface area contributed by atoms with E-state index in [1.54, 1.807) is 12.4 Å². The summed E-state index contributed by atoms with van der Waals surface area (Å²) >= 11 is 0. The molecule has 3 heterocycles. The highest BCUT2D eigenvalue weighted by Gasteiger charge is 2.46. The lowest BCUT2D eigenvalue weighted by Gasteiger charge is -2.36. The zero-order valence-electron chi connectivity index (χ0n) is 12.4. The van der Waals surface area contributed by atoms with Gasteiger partial charge >= 0.3 is 0 Å². The molecule has 1 aromatic heterocycles. The van der Waals surface area contributed by atoms with Crippen LogP contribution in [0.15, 0.2) is 24.5 Å². The van der Waals surface area contributed by atoms with Crippen LogP contribution < -0.4 is 0 Å². The molecular formula is C16H19N3O3. The monoisotopic (exact) mass is 301 g/mol. The quantitative estimate of drug-likeness (QED) is 0.812. The number of carbonyl (C=O) groups is 2. The van der Waals surface area contributed by atoms with Gasteiger partial charge in [-0.05, 0) is 24.5 Å². The van der Waals surface area contributed by atoms with Gasteiger partial charge in [0, 0.05) is 37.9 Å². The molecule has 6 heteroatoms. The number of likely N-dealkylation sites (tertiary alicyclic amines) is 1. The minimum atomic E-state index is -0.0583. The number of morpholine rings is 1. The second-order valence-corrected chi connectivity index (χ2v) is 6.32. The molecule has 0 N–H and O–H groups in total. The number of amides is 2. The van der Waals surface area contributed by atoms with Gasteiger partial charge in [0.15, 0.2) is 0 Å². The van der Waals surface area contributed by atoms with Gasteiger partial charge in [0.2, 0.25) is 11.8 Å². The molecular weight excluding hydrogens is 282 g/mol. The Bertz CT molecular complexity index is 588. The summed E-state index contributed by atoms with van der Waals surface area (Å²) in [5, 5.41) is 0. The van der Waals surface area contributed by atoms with E-state index in [4.69, 9.17) is 4.74 Å². The summed E-state index contributed by atoms with van der Waals surface area (Å²) in [5.41, 5.74) is 1.00. The van der Waals surface area contributed by atoms with Gasteiger partial charge in [0.1, 0.15) is 6.61 Å². The lowest BCUT2D eigenvalue weighted by atomic mass is 10.1. The topological polar surface area (TPSA) is 62.7 Å². The van der Waals surface area contributed by atoms with Gasteiger partial charge in [0.25, 0.3) is 0 Å². The molecule has 1 aromatic rings. The van der Waals surface area contributed by atoms with Crippen LogP contribution >= 0.6 is 0 Å². The van der Waals surface area contributed by atoms with E-state index in [0.717, 1.165) is 18.4 Å². The summed E-state index contributed by atoms with van der Waals surface area (Å²) in [4.78, 5) is 32.3. The zero-order chi connectivity index (χ0) is 15.1. The molecule has 0 radical (unpaired) electrons. The first kappa shape index (κ1) is 13.7. The molecule has 3 aliphatic rings. The van der Waals surface area contributed by atoms with E-state index < -0.39 is 0 Å². The molecule has 6 nitrogen and oxygen atoms in total. The van der Waals surface area contributed by atoms with Crippen LogP contribution in [0.25, 0.3) is 0 Å². The van der Waals surface area contributed by atoms with Crippen LogP contribution in [0.3, 0.4) is 0 Å². The minimum Gasteiger partial charge on any atom is -0.364 e. The first-order valence-electron chi connectivity index (χ1n) is 7.81. The van der Waals surface area contributed by atoms with Gasteiger partial charge in [-0.25, -0.2) is 0 Å². The Kier molecular flexibility index (Phi) is 3.33. The first-order valence-corrected chi connectivity index (χ1v) is 7.81. The standard InChI is InChI=1S/C16H19N3O3/c20-15-10-22-14-9-18(16(21)12-3-4-12)8-13(14)19(15)7-11-2-1-5-17-6-11/h1-2,5-6,12-14H,3-4,7-10H2. The van der Waals surface area contributed by atoms with Gasteiger partial charge in [-0.15, -0.1) is 0 Å². The second-order valence-electron chi connectivity index (χ2n) is 6.32. The van der Waals surface area contributed by atoms with Crippen LogP contribution in [0.2, 0.25) is 0 Å². The smallest absolute Gasteiger partial charge is 0.249 e. The van der Waals surface area contributed by atoms with Crippen LogP contribution in [-0.4, -0.2) is 58.4 Å². The molecule has 2 unspecified atom stereocenters. The fourth-order valence-electron chi connectivity index (χ4n) is 3.33. The molecule has 22 heavy (non-hydrogen) atoms. The summed E-state index contributed by atoms with van der Waals surface area (Å²) in [6.07, 6.45) is 5.45. The van der Waals surface area contributed by atoms with Gasteiger partial charge < -0.3 is 14.5 Å². The highest BCUT2D eigenvalue weighted by atomic mass is 16.5. The molecule has 4 rings (SSSR count). The fourth-order valence-corrected chi connectivity index (χ4v) is 3.33. The lowest BCUT2D eigenvalue weighted by molar-refractivity contribution is -0.153. The normalized spacial score (nSPS) is 27.9. The fraction of sp³-hybridized carbons (Fsp3) is 0.562. The van der Waals surface area contributed by atoms with Crippen LogP contribution in [0.1, 0.15) is 18.4 Å². The van der Waals surface area contributed by atoms with Crippen molar-refractivity contribution in [2.75, 3.05) is 19.7 Å². The number of carbonyl (C=O) groups excluding carboxylic acids is 2. The number of ether oxygens (including phenoxy) is 1. The molecule has 2 aliphatic heterocycles. The van der Waals surface area contributed by atoms with E-state index >= 15 is 0 Å². The number of nitrogens with zero attached hydrogens (tertiary/aromatic N) is 3. The highest BCUT2D eigenvalue weighted by molar-refractivity contribution is 5.82. The lowest BCUT2D eigenvalue weighted by Crippen LogP contribution is -2.53. The Morgan fingerprint density at radius 2 is 2.23 bits per heavy atom. The largest absolute Gasteiger partial charge is 0.364 e. The van der Waals surface area contributed by atoms with Crippen molar-refractivity contribution in [2.24, 2.45) is 5.92 Å². The molecule has 1 saturated carbocycles. The first-order chi connectivity index (χ1) is 10.7. The van der Waals surface area contributed by atoms with E-state index in [9.17, 15) is 9.59 Å². The van der Waals surface area contributed by atoms with E-state index in [1.807, 2.05) is 21.9 Å². The zero-order valence-corrected chi connectivity index (χ0v) is 12.4. The Hall–Kier alpha value is -1.95. The van der Waals surface area contributed by atoms with E-state index in [2.05, 4.69) is 4.98 Å². The molecule has 3 fully saturated rings. The van der Waals surface area contributed by atoms with Crippen molar-refractivity contribution in [3.05, 3.63) is 30.1 Å². The average Bonchev–Trinajstić information content (AvgIpc) is 3.29. The van der Waals surface area contributed by atoms with Crippen molar-refractivity contribution in [2.45, 2.75) is 31.5 Å². The Labute approximate surface area is 129 Å². The minimum absolute atomic E-state index is 0.00850. The van der Waals surface area contributed by atoms with Crippen molar-refractivity contribution in [1.29, 1.82) is 0 Å². The Balaban J connectivity index is 1.50. The Morgan fingerprint density at radius 1 is 1.36 bits per heavy atom.